The smallest absolute Gasteiger partial charge is 0.0488 e. The molecule has 0 saturated heterocycles. The summed E-state index contributed by atoms with van der Waals surface area (Å²) in [6.07, 6.45) is 10.7. The van der Waals surface area contributed by atoms with Crippen LogP contribution in [0.3, 0.4) is 0 Å². The van der Waals surface area contributed by atoms with E-state index in [9.17, 15) is 0 Å². The summed E-state index contributed by atoms with van der Waals surface area (Å²) in [6, 6.07) is 8.53. The minimum absolute atomic E-state index is 0. The van der Waals surface area contributed by atoms with Crippen LogP contribution >= 0.6 is 12.4 Å². The summed E-state index contributed by atoms with van der Waals surface area (Å²) >= 11 is 0. The van der Waals surface area contributed by atoms with Gasteiger partial charge in [-0.3, -0.25) is 0 Å². The van der Waals surface area contributed by atoms with E-state index in [-0.39, 0.29) is 12.4 Å². The monoisotopic (exact) mass is 217 g/mol. The minimum atomic E-state index is 0. The summed E-state index contributed by atoms with van der Waals surface area (Å²) in [4.78, 5) is 2.27. The molecule has 0 aromatic heterocycles. The molecule has 15 heavy (non-hydrogen) atoms. The minimum Gasteiger partial charge on any atom is -0.344 e. The maximum Gasteiger partial charge on any atom is 0.0488 e. The zero-order valence-electron chi connectivity index (χ0n) is 8.26. The van der Waals surface area contributed by atoms with Gasteiger partial charge in [-0.25, -0.2) is 0 Å². The first-order chi connectivity index (χ1) is 6.95. The van der Waals surface area contributed by atoms with E-state index >= 15 is 0 Å². The van der Waals surface area contributed by atoms with Crippen molar-refractivity contribution in [3.05, 3.63) is 59.1 Å². The topological polar surface area (TPSA) is 3.24 Å². The molecule has 2 aliphatic rings. The van der Waals surface area contributed by atoms with Crippen molar-refractivity contribution < 1.29 is 0 Å². The third kappa shape index (κ3) is 1.59. The normalized spacial score (nSPS) is 16.3. The highest BCUT2D eigenvalue weighted by Gasteiger charge is 2.09. The lowest BCUT2D eigenvalue weighted by molar-refractivity contribution is 0.597. The van der Waals surface area contributed by atoms with Gasteiger partial charge in [-0.1, -0.05) is 36.4 Å². The second kappa shape index (κ2) is 3.95. The summed E-state index contributed by atoms with van der Waals surface area (Å²) < 4.78 is 0. The van der Waals surface area contributed by atoms with Gasteiger partial charge in [-0.15, -0.1) is 12.4 Å². The van der Waals surface area contributed by atoms with Crippen molar-refractivity contribution in [1.82, 2.24) is 4.90 Å². The maximum absolute atomic E-state index is 2.27. The quantitative estimate of drug-likeness (QED) is 0.635. The molecule has 0 unspecified atom stereocenters. The molecule has 0 radical (unpaired) electrons. The standard InChI is InChI=1S/C13H11N.ClH/c1-2-6-12-11(5-1)8-10-14-9-4-3-7-13(12)14;/h1-9H,10H2;1H. The molecule has 1 aromatic rings. The summed E-state index contributed by atoms with van der Waals surface area (Å²) in [5, 5.41) is 2.68. The van der Waals surface area contributed by atoms with Gasteiger partial charge < -0.3 is 4.90 Å². The molecule has 0 saturated carbocycles. The van der Waals surface area contributed by atoms with Gasteiger partial charge in [-0.05, 0) is 17.4 Å². The third-order valence-electron chi connectivity index (χ3n) is 2.69. The fourth-order valence-corrected chi connectivity index (χ4v) is 1.98. The Labute approximate surface area is 95.1 Å². The average molecular weight is 218 g/mol. The molecule has 0 atom stereocenters. The highest BCUT2D eigenvalue weighted by atomic mass is 35.5. The van der Waals surface area contributed by atoms with Crippen LogP contribution in [-0.2, 0) is 0 Å². The molecule has 2 aliphatic heterocycles. The highest BCUT2D eigenvalue weighted by Crippen LogP contribution is 2.12. The van der Waals surface area contributed by atoms with Crippen LogP contribution in [0.25, 0.3) is 11.8 Å². The van der Waals surface area contributed by atoms with Gasteiger partial charge in [0.25, 0.3) is 0 Å². The van der Waals surface area contributed by atoms with Gasteiger partial charge in [0.15, 0.2) is 0 Å². The van der Waals surface area contributed by atoms with Crippen LogP contribution in [0.1, 0.15) is 0 Å². The summed E-state index contributed by atoms with van der Waals surface area (Å²) in [6.45, 7) is 0.979. The van der Waals surface area contributed by atoms with Crippen LogP contribution in [-0.4, -0.2) is 11.4 Å². The molecule has 0 N–H and O–H groups in total. The van der Waals surface area contributed by atoms with Crippen molar-refractivity contribution in [1.29, 1.82) is 0 Å². The van der Waals surface area contributed by atoms with E-state index in [4.69, 9.17) is 0 Å². The Morgan fingerprint density at radius 3 is 2.87 bits per heavy atom. The summed E-state index contributed by atoms with van der Waals surface area (Å²) in [5.41, 5.74) is 1.31. The van der Waals surface area contributed by atoms with E-state index in [1.54, 1.807) is 0 Å². The van der Waals surface area contributed by atoms with Crippen LogP contribution in [0.2, 0.25) is 0 Å². The van der Waals surface area contributed by atoms with Crippen molar-refractivity contribution >= 4 is 24.2 Å². The van der Waals surface area contributed by atoms with Crippen LogP contribution in [0, 0.1) is 0 Å². The fourth-order valence-electron chi connectivity index (χ4n) is 1.98. The number of nitrogens with zero attached hydrogens (tertiary/aromatic N) is 1. The second-order valence-corrected chi connectivity index (χ2v) is 3.53. The highest BCUT2D eigenvalue weighted by molar-refractivity contribution is 5.85. The molecule has 0 amide bonds. The molecule has 0 bridgehead atoms. The predicted octanol–water partition coefficient (Wildman–Crippen LogP) is 1.40. The first-order valence-electron chi connectivity index (χ1n) is 4.86. The third-order valence-corrected chi connectivity index (χ3v) is 2.69. The number of rotatable bonds is 0. The number of hydrogen-bond donors (Lipinski definition) is 0. The van der Waals surface area contributed by atoms with Crippen molar-refractivity contribution in [2.75, 3.05) is 6.54 Å². The van der Waals surface area contributed by atoms with Crippen molar-refractivity contribution in [3.8, 4) is 0 Å². The lowest BCUT2D eigenvalue weighted by Crippen LogP contribution is -2.37. The number of halogens is 1. The van der Waals surface area contributed by atoms with E-state index in [0.717, 1.165) is 6.54 Å². The number of allylic oxidation sites excluding steroid dienone is 2. The Kier molecular flexibility index (Phi) is 2.65. The molecule has 1 nitrogen and oxygen atoms in total. The number of benzene rings is 1. The molecule has 76 valence electrons. The second-order valence-electron chi connectivity index (χ2n) is 3.53. The Morgan fingerprint density at radius 2 is 1.93 bits per heavy atom. The van der Waals surface area contributed by atoms with Gasteiger partial charge in [0.2, 0.25) is 0 Å². The molecular formula is C13H12ClN. The summed E-state index contributed by atoms with van der Waals surface area (Å²) in [5.74, 6) is 0. The Bertz CT molecular complexity index is 540. The van der Waals surface area contributed by atoms with Gasteiger partial charge >= 0.3 is 0 Å². The molecule has 1 aromatic carbocycles. The lowest BCUT2D eigenvalue weighted by atomic mass is 10.1. The molecular weight excluding hydrogens is 206 g/mol. The zero-order valence-corrected chi connectivity index (χ0v) is 9.08. The first kappa shape index (κ1) is 10.1. The van der Waals surface area contributed by atoms with E-state index < -0.39 is 0 Å². The maximum atomic E-state index is 2.27. The van der Waals surface area contributed by atoms with Crippen molar-refractivity contribution in [3.63, 3.8) is 0 Å². The van der Waals surface area contributed by atoms with E-state index in [1.807, 2.05) is 0 Å². The number of fused-ring (bicyclic) bond motifs is 2. The average Bonchev–Trinajstić information content (AvgIpc) is 2.29. The lowest BCUT2D eigenvalue weighted by Gasteiger charge is -2.25. The molecule has 2 heteroatoms. The number of hydrogen-bond acceptors (Lipinski definition) is 1. The van der Waals surface area contributed by atoms with E-state index in [0.29, 0.717) is 0 Å². The van der Waals surface area contributed by atoms with E-state index in [2.05, 4.69) is 59.7 Å². The van der Waals surface area contributed by atoms with Crippen molar-refractivity contribution in [2.24, 2.45) is 0 Å². The molecule has 2 heterocycles. The zero-order chi connectivity index (χ0) is 9.38. The molecule has 0 spiro atoms. The molecule has 0 fully saturated rings. The van der Waals surface area contributed by atoms with Crippen LogP contribution in [0.5, 0.6) is 0 Å². The van der Waals surface area contributed by atoms with Crippen molar-refractivity contribution in [2.45, 2.75) is 0 Å². The van der Waals surface area contributed by atoms with Gasteiger partial charge in [0.05, 0.1) is 0 Å². The predicted molar refractivity (Wildman–Crippen MR) is 65.8 cm³/mol. The van der Waals surface area contributed by atoms with Crippen LogP contribution in [0.15, 0.2) is 48.7 Å². The van der Waals surface area contributed by atoms with E-state index in [1.165, 1.54) is 16.1 Å². The van der Waals surface area contributed by atoms with Gasteiger partial charge in [-0.2, -0.15) is 0 Å². The fraction of sp³-hybridized carbons (Fsp3) is 0.0769. The Balaban J connectivity index is 0.000000853. The largest absolute Gasteiger partial charge is 0.344 e. The molecule has 3 rings (SSSR count). The van der Waals surface area contributed by atoms with Gasteiger partial charge in [0.1, 0.15) is 0 Å². The molecule has 0 aliphatic carbocycles. The van der Waals surface area contributed by atoms with Crippen LogP contribution < -0.4 is 10.4 Å². The Morgan fingerprint density at radius 1 is 1.07 bits per heavy atom. The van der Waals surface area contributed by atoms with Crippen LogP contribution in [0.4, 0.5) is 0 Å². The first-order valence-corrected chi connectivity index (χ1v) is 4.86. The SMILES string of the molecule is C1=CC2=c3ccccc3=CCN2C=C1.Cl. The Hall–Kier alpha value is -1.47. The summed E-state index contributed by atoms with van der Waals surface area (Å²) in [7, 11) is 0. The van der Waals surface area contributed by atoms with Gasteiger partial charge in [0, 0.05) is 23.7 Å².